The highest BCUT2D eigenvalue weighted by atomic mass is 32.1. The Morgan fingerprint density at radius 2 is 1.84 bits per heavy atom. The van der Waals surface area contributed by atoms with Crippen molar-refractivity contribution in [3.63, 3.8) is 0 Å². The van der Waals surface area contributed by atoms with Crippen LogP contribution in [0, 0.1) is 6.92 Å². The van der Waals surface area contributed by atoms with Crippen molar-refractivity contribution in [3.05, 3.63) is 88.9 Å². The lowest BCUT2D eigenvalue weighted by Gasteiger charge is -2.23. The Balaban J connectivity index is 1.71. The minimum absolute atomic E-state index is 0.0791. The third-order valence-corrected chi connectivity index (χ3v) is 8.39. The summed E-state index contributed by atoms with van der Waals surface area (Å²) in [6.07, 6.45) is 1.86. The summed E-state index contributed by atoms with van der Waals surface area (Å²) >= 11 is 2.76. The lowest BCUT2D eigenvalue weighted by atomic mass is 10.0. The van der Waals surface area contributed by atoms with E-state index < -0.39 is 12.0 Å². The zero-order valence-electron chi connectivity index (χ0n) is 21.5. The number of esters is 2. The van der Waals surface area contributed by atoms with Gasteiger partial charge in [0.05, 0.1) is 29.0 Å². The molecule has 1 aliphatic heterocycles. The van der Waals surface area contributed by atoms with Crippen LogP contribution in [0.2, 0.25) is 0 Å². The Morgan fingerprint density at radius 1 is 1.08 bits per heavy atom. The van der Waals surface area contributed by atoms with E-state index in [9.17, 15) is 14.4 Å². The molecule has 3 aromatic heterocycles. The lowest BCUT2D eigenvalue weighted by Crippen LogP contribution is -2.39. The van der Waals surface area contributed by atoms with Gasteiger partial charge in [-0.05, 0) is 51.3 Å². The topological polar surface area (TPSA) is 91.9 Å². The number of benzene rings is 1. The molecule has 10 heteroatoms. The number of thiophene rings is 1. The summed E-state index contributed by atoms with van der Waals surface area (Å²) in [5.74, 6) is -0.792. The second-order valence-corrected chi connectivity index (χ2v) is 10.7. The molecule has 1 aliphatic rings. The molecule has 0 N–H and O–H groups in total. The van der Waals surface area contributed by atoms with Crippen molar-refractivity contribution in [2.24, 2.45) is 4.99 Å². The zero-order chi connectivity index (χ0) is 27.0. The first kappa shape index (κ1) is 25.9. The Bertz CT molecular complexity index is 1760. The van der Waals surface area contributed by atoms with E-state index in [0.29, 0.717) is 27.2 Å². The molecule has 38 heavy (non-hydrogen) atoms. The third kappa shape index (κ3) is 4.43. The van der Waals surface area contributed by atoms with Crippen molar-refractivity contribution in [1.82, 2.24) is 9.13 Å². The molecule has 0 fully saturated rings. The normalized spacial score (nSPS) is 15.5. The summed E-state index contributed by atoms with van der Waals surface area (Å²) < 4.78 is 14.5. The molecule has 4 heterocycles. The highest BCUT2D eigenvalue weighted by Crippen LogP contribution is 2.33. The van der Waals surface area contributed by atoms with Crippen LogP contribution in [0.3, 0.4) is 0 Å². The van der Waals surface area contributed by atoms with Gasteiger partial charge in [0.2, 0.25) is 0 Å². The Labute approximate surface area is 226 Å². The van der Waals surface area contributed by atoms with Gasteiger partial charge in [0, 0.05) is 27.0 Å². The molecule has 0 unspecified atom stereocenters. The molecule has 1 atom stereocenters. The molecular weight excluding hydrogens is 522 g/mol. The molecule has 8 nitrogen and oxygen atoms in total. The van der Waals surface area contributed by atoms with Crippen LogP contribution in [0.4, 0.5) is 0 Å². The van der Waals surface area contributed by atoms with Crippen molar-refractivity contribution in [2.75, 3.05) is 13.2 Å². The van der Waals surface area contributed by atoms with Gasteiger partial charge in [0.1, 0.15) is 12.6 Å². The second kappa shape index (κ2) is 10.5. The summed E-state index contributed by atoms with van der Waals surface area (Å²) in [5.41, 5.74) is 3.26. The van der Waals surface area contributed by atoms with Gasteiger partial charge in [0.25, 0.3) is 5.56 Å². The maximum absolute atomic E-state index is 13.9. The number of fused-ring (bicyclic) bond motifs is 2. The first-order valence-corrected chi connectivity index (χ1v) is 14.0. The fraction of sp³-hybridized carbons (Fsp3) is 0.286. The predicted molar refractivity (Wildman–Crippen MR) is 148 cm³/mol. The number of allylic oxidation sites excluding steroid dienone is 1. The summed E-state index contributed by atoms with van der Waals surface area (Å²) in [5, 5.41) is 2.85. The molecule has 0 spiro atoms. The zero-order valence-corrected chi connectivity index (χ0v) is 23.1. The number of carbonyl (C=O) groups excluding carboxylic acids is 2. The van der Waals surface area contributed by atoms with Crippen molar-refractivity contribution < 1.29 is 19.1 Å². The number of aromatic nitrogens is 2. The van der Waals surface area contributed by atoms with Crippen LogP contribution in [-0.2, 0) is 25.6 Å². The predicted octanol–water partition coefficient (Wildman–Crippen LogP) is 3.69. The highest BCUT2D eigenvalue weighted by Gasteiger charge is 2.34. The number of thiazole rings is 1. The largest absolute Gasteiger partial charge is 0.465 e. The summed E-state index contributed by atoms with van der Waals surface area (Å²) in [6, 6.07) is 11.0. The van der Waals surface area contributed by atoms with Crippen molar-refractivity contribution in [1.29, 1.82) is 0 Å². The number of nitrogens with zero attached hydrogens (tertiary/aromatic N) is 3. The van der Waals surface area contributed by atoms with Gasteiger partial charge >= 0.3 is 11.9 Å². The van der Waals surface area contributed by atoms with Crippen molar-refractivity contribution in [2.45, 2.75) is 40.3 Å². The van der Waals surface area contributed by atoms with E-state index >= 15 is 0 Å². The molecule has 0 amide bonds. The van der Waals surface area contributed by atoms with Gasteiger partial charge in [-0.15, -0.1) is 11.3 Å². The van der Waals surface area contributed by atoms with E-state index in [0.717, 1.165) is 27.0 Å². The minimum Gasteiger partial charge on any atom is -0.465 e. The van der Waals surface area contributed by atoms with Crippen LogP contribution in [0.1, 0.15) is 42.9 Å². The molecule has 196 valence electrons. The van der Waals surface area contributed by atoms with Crippen LogP contribution in [-0.4, -0.2) is 34.3 Å². The molecule has 5 rings (SSSR count). The van der Waals surface area contributed by atoms with Crippen LogP contribution in [0.5, 0.6) is 0 Å². The maximum Gasteiger partial charge on any atom is 0.338 e. The molecule has 0 bridgehead atoms. The average Bonchev–Trinajstić information content (AvgIpc) is 3.59. The van der Waals surface area contributed by atoms with E-state index in [1.165, 1.54) is 22.7 Å². The maximum atomic E-state index is 13.9. The quantitative estimate of drug-likeness (QED) is 0.328. The minimum atomic E-state index is -0.612. The fourth-order valence-electron chi connectivity index (χ4n) is 4.82. The first-order valence-electron chi connectivity index (χ1n) is 12.3. The standard InChI is InChI=1S/C28H27N3O5S2/c1-5-35-23(32)15-30-17(4)19(18-10-7-8-11-20(18)30)14-22-26(33)31-25(21-12-9-13-37-21)24(27(34)36-6-2)16(3)29-28(31)38-22/h7-14,25H,5-6,15H2,1-4H3/b22-14-/t25-/m0/s1. The first-order chi connectivity index (χ1) is 18.3. The van der Waals surface area contributed by atoms with Crippen molar-refractivity contribution >= 4 is 51.6 Å². The summed E-state index contributed by atoms with van der Waals surface area (Å²) in [6.45, 7) is 7.86. The summed E-state index contributed by atoms with van der Waals surface area (Å²) in [4.78, 5) is 45.2. The van der Waals surface area contributed by atoms with Gasteiger partial charge in [-0.3, -0.25) is 14.2 Å². The third-order valence-electron chi connectivity index (χ3n) is 6.48. The van der Waals surface area contributed by atoms with E-state index in [1.54, 1.807) is 25.3 Å². The fourth-order valence-corrected chi connectivity index (χ4v) is 6.67. The lowest BCUT2D eigenvalue weighted by molar-refractivity contribution is -0.143. The second-order valence-electron chi connectivity index (χ2n) is 8.73. The van der Waals surface area contributed by atoms with E-state index in [1.807, 2.05) is 59.3 Å². The number of hydrogen-bond acceptors (Lipinski definition) is 8. The van der Waals surface area contributed by atoms with Crippen LogP contribution in [0.15, 0.2) is 62.8 Å². The average molecular weight is 550 g/mol. The Kier molecular flexibility index (Phi) is 7.18. The number of hydrogen-bond donors (Lipinski definition) is 0. The van der Waals surface area contributed by atoms with E-state index in [4.69, 9.17) is 9.47 Å². The SMILES string of the molecule is CCOC(=O)Cn1c(C)c(/C=c2\sc3n(c2=O)[C@@H](c2cccs2)C(C(=O)OCC)=C(C)N=3)c2ccccc21. The van der Waals surface area contributed by atoms with Crippen LogP contribution in [0.25, 0.3) is 17.0 Å². The number of rotatable bonds is 7. The number of ether oxygens (including phenoxy) is 2. The molecule has 0 saturated carbocycles. The number of para-hydroxylation sites is 1. The molecule has 0 aliphatic carbocycles. The van der Waals surface area contributed by atoms with Gasteiger partial charge < -0.3 is 14.0 Å². The smallest absolute Gasteiger partial charge is 0.338 e. The van der Waals surface area contributed by atoms with Gasteiger partial charge in [-0.2, -0.15) is 0 Å². The van der Waals surface area contributed by atoms with Crippen LogP contribution < -0.4 is 14.9 Å². The highest BCUT2D eigenvalue weighted by molar-refractivity contribution is 7.10. The van der Waals surface area contributed by atoms with Crippen LogP contribution >= 0.6 is 22.7 Å². The van der Waals surface area contributed by atoms with E-state index in [-0.39, 0.29) is 24.7 Å². The molecular formula is C28H27N3O5S2. The molecule has 4 aromatic rings. The van der Waals surface area contributed by atoms with Gasteiger partial charge in [0.15, 0.2) is 4.80 Å². The Hall–Kier alpha value is -3.76. The Morgan fingerprint density at radius 3 is 2.55 bits per heavy atom. The summed E-state index contributed by atoms with van der Waals surface area (Å²) in [7, 11) is 0. The van der Waals surface area contributed by atoms with Crippen molar-refractivity contribution in [3.8, 4) is 0 Å². The molecule has 1 aromatic carbocycles. The van der Waals surface area contributed by atoms with E-state index in [2.05, 4.69) is 4.99 Å². The van der Waals surface area contributed by atoms with Gasteiger partial charge in [-0.25, -0.2) is 9.79 Å². The molecule has 0 saturated heterocycles. The molecule has 0 radical (unpaired) electrons. The monoisotopic (exact) mass is 549 g/mol. The number of carbonyl (C=O) groups is 2. The van der Waals surface area contributed by atoms with Gasteiger partial charge in [-0.1, -0.05) is 35.6 Å².